The van der Waals surface area contributed by atoms with E-state index in [-0.39, 0.29) is 11.2 Å². The molecule has 24 heavy (non-hydrogen) atoms. The first-order valence-electron chi connectivity index (χ1n) is 7.84. The van der Waals surface area contributed by atoms with Gasteiger partial charge in [0.25, 0.3) is 0 Å². The normalized spacial score (nSPS) is 11.8. The molecule has 0 aromatic heterocycles. The van der Waals surface area contributed by atoms with Gasteiger partial charge in [0, 0.05) is 29.1 Å². The first kappa shape index (κ1) is 18.7. The molecule has 0 aliphatic rings. The fourth-order valence-electron chi connectivity index (χ4n) is 2.40. The van der Waals surface area contributed by atoms with Crippen LogP contribution >= 0.6 is 23.4 Å². The number of halogens is 1. The fraction of sp³-hybridized carbons (Fsp3) is 0.316. The molecule has 0 saturated heterocycles. The Morgan fingerprint density at radius 3 is 2.50 bits per heavy atom. The molecular weight excluding hydrogens is 342 g/mol. The van der Waals surface area contributed by atoms with Gasteiger partial charge in [0.05, 0.1) is 12.4 Å². The Morgan fingerprint density at radius 2 is 1.88 bits per heavy atom. The van der Waals surface area contributed by atoms with Crippen molar-refractivity contribution < 1.29 is 9.53 Å². The second kappa shape index (κ2) is 9.00. The molecule has 0 spiro atoms. The molecule has 1 atom stereocenters. The Labute approximate surface area is 153 Å². The molecular formula is C19H22ClNO2S. The maximum atomic E-state index is 12.8. The zero-order valence-electron chi connectivity index (χ0n) is 14.2. The Balaban J connectivity index is 2.05. The van der Waals surface area contributed by atoms with Crippen molar-refractivity contribution in [1.29, 1.82) is 0 Å². The minimum absolute atomic E-state index is 0.114. The van der Waals surface area contributed by atoms with E-state index in [1.165, 1.54) is 0 Å². The standard InChI is InChI=1S/C19H22ClNO2S/c1-4-18(24-16-11-9-15(20)10-12-16)19(22)21(2)13-14-7-5-6-8-17(14)23-3/h5-12,18H,4,13H2,1-3H3/t18-/m1/s1. The maximum Gasteiger partial charge on any atom is 0.236 e. The molecule has 0 saturated carbocycles. The average molecular weight is 364 g/mol. The van der Waals surface area contributed by atoms with Gasteiger partial charge in [-0.1, -0.05) is 36.7 Å². The van der Waals surface area contributed by atoms with Crippen molar-refractivity contribution in [2.45, 2.75) is 30.0 Å². The van der Waals surface area contributed by atoms with E-state index in [0.717, 1.165) is 22.6 Å². The van der Waals surface area contributed by atoms with Crippen molar-refractivity contribution in [2.75, 3.05) is 14.2 Å². The number of carbonyl (C=O) groups excluding carboxylic acids is 1. The van der Waals surface area contributed by atoms with Crippen molar-refractivity contribution >= 4 is 29.3 Å². The zero-order chi connectivity index (χ0) is 17.5. The molecule has 2 aromatic carbocycles. The summed E-state index contributed by atoms with van der Waals surface area (Å²) in [7, 11) is 3.48. The van der Waals surface area contributed by atoms with E-state index in [4.69, 9.17) is 16.3 Å². The number of thioether (sulfide) groups is 1. The van der Waals surface area contributed by atoms with Gasteiger partial charge in [-0.05, 0) is 36.8 Å². The molecule has 128 valence electrons. The molecule has 0 aliphatic heterocycles. The smallest absolute Gasteiger partial charge is 0.236 e. The second-order valence-corrected chi connectivity index (χ2v) is 7.19. The third-order valence-electron chi connectivity index (χ3n) is 3.71. The predicted octanol–water partition coefficient (Wildman–Crippen LogP) is 4.88. The van der Waals surface area contributed by atoms with Crippen LogP contribution in [-0.2, 0) is 11.3 Å². The molecule has 1 amide bonds. The van der Waals surface area contributed by atoms with Crippen LogP contribution in [0.2, 0.25) is 5.02 Å². The van der Waals surface area contributed by atoms with E-state index in [0.29, 0.717) is 11.6 Å². The van der Waals surface area contributed by atoms with Crippen molar-refractivity contribution in [2.24, 2.45) is 0 Å². The highest BCUT2D eigenvalue weighted by molar-refractivity contribution is 8.00. The van der Waals surface area contributed by atoms with Gasteiger partial charge in [-0.3, -0.25) is 4.79 Å². The summed E-state index contributed by atoms with van der Waals surface area (Å²) < 4.78 is 5.36. The molecule has 0 N–H and O–H groups in total. The summed E-state index contributed by atoms with van der Waals surface area (Å²) in [5, 5.41) is 0.581. The maximum absolute atomic E-state index is 12.8. The molecule has 0 bridgehead atoms. The summed E-state index contributed by atoms with van der Waals surface area (Å²) in [6.07, 6.45) is 0.766. The number of hydrogen-bond acceptors (Lipinski definition) is 3. The van der Waals surface area contributed by atoms with Crippen LogP contribution in [0.4, 0.5) is 0 Å². The lowest BCUT2D eigenvalue weighted by Gasteiger charge is -2.23. The summed E-state index contributed by atoms with van der Waals surface area (Å²) in [5.74, 6) is 0.916. The largest absolute Gasteiger partial charge is 0.496 e. The summed E-state index contributed by atoms with van der Waals surface area (Å²) in [5.41, 5.74) is 1.00. The van der Waals surface area contributed by atoms with E-state index in [2.05, 4.69) is 0 Å². The van der Waals surface area contributed by atoms with E-state index in [1.807, 2.05) is 62.5 Å². The molecule has 5 heteroatoms. The van der Waals surface area contributed by atoms with Crippen LogP contribution in [0, 0.1) is 0 Å². The molecule has 0 fully saturated rings. The van der Waals surface area contributed by atoms with Gasteiger partial charge in [0.15, 0.2) is 0 Å². The van der Waals surface area contributed by atoms with Crippen LogP contribution < -0.4 is 4.74 Å². The SMILES string of the molecule is CC[C@@H](Sc1ccc(Cl)cc1)C(=O)N(C)Cc1ccccc1OC. The summed E-state index contributed by atoms with van der Waals surface area (Å²) in [6, 6.07) is 15.4. The van der Waals surface area contributed by atoms with E-state index in [1.54, 1.807) is 23.8 Å². The Morgan fingerprint density at radius 1 is 1.21 bits per heavy atom. The van der Waals surface area contributed by atoms with Crippen molar-refractivity contribution in [3.8, 4) is 5.75 Å². The lowest BCUT2D eigenvalue weighted by Crippen LogP contribution is -2.34. The summed E-state index contributed by atoms with van der Waals surface area (Å²) in [6.45, 7) is 2.56. The second-order valence-electron chi connectivity index (χ2n) is 5.47. The van der Waals surface area contributed by atoms with Crippen LogP contribution in [0.15, 0.2) is 53.4 Å². The summed E-state index contributed by atoms with van der Waals surface area (Å²) in [4.78, 5) is 15.6. The van der Waals surface area contributed by atoms with Gasteiger partial charge in [0.2, 0.25) is 5.91 Å². The van der Waals surface area contributed by atoms with Crippen LogP contribution in [0.25, 0.3) is 0 Å². The quantitative estimate of drug-likeness (QED) is 0.657. The van der Waals surface area contributed by atoms with Gasteiger partial charge in [-0.15, -0.1) is 11.8 Å². The monoisotopic (exact) mass is 363 g/mol. The van der Waals surface area contributed by atoms with Gasteiger partial charge >= 0.3 is 0 Å². The molecule has 0 aliphatic carbocycles. The number of carbonyl (C=O) groups is 1. The third-order valence-corrected chi connectivity index (χ3v) is 5.33. The Kier molecular flexibility index (Phi) is 7.00. The van der Waals surface area contributed by atoms with E-state index in [9.17, 15) is 4.79 Å². The number of nitrogens with zero attached hydrogens (tertiary/aromatic N) is 1. The fourth-order valence-corrected chi connectivity index (χ4v) is 3.59. The molecule has 0 unspecified atom stereocenters. The van der Waals surface area contributed by atoms with E-state index >= 15 is 0 Å². The number of amides is 1. The highest BCUT2D eigenvalue weighted by Crippen LogP contribution is 2.28. The number of para-hydroxylation sites is 1. The first-order chi connectivity index (χ1) is 11.5. The minimum Gasteiger partial charge on any atom is -0.496 e. The molecule has 3 nitrogen and oxygen atoms in total. The molecule has 2 aromatic rings. The van der Waals surface area contributed by atoms with Gasteiger partial charge in [0.1, 0.15) is 5.75 Å². The van der Waals surface area contributed by atoms with Gasteiger partial charge in [-0.2, -0.15) is 0 Å². The van der Waals surface area contributed by atoms with Gasteiger partial charge < -0.3 is 9.64 Å². The summed E-state index contributed by atoms with van der Waals surface area (Å²) >= 11 is 7.49. The Hall–Kier alpha value is -1.65. The third kappa shape index (κ3) is 4.92. The zero-order valence-corrected chi connectivity index (χ0v) is 15.7. The van der Waals surface area contributed by atoms with Crippen LogP contribution in [0.3, 0.4) is 0 Å². The first-order valence-corrected chi connectivity index (χ1v) is 9.10. The van der Waals surface area contributed by atoms with E-state index < -0.39 is 0 Å². The molecule has 0 heterocycles. The predicted molar refractivity (Wildman–Crippen MR) is 101 cm³/mol. The number of rotatable bonds is 7. The lowest BCUT2D eigenvalue weighted by molar-refractivity contribution is -0.129. The number of methoxy groups -OCH3 is 1. The van der Waals surface area contributed by atoms with Crippen molar-refractivity contribution in [3.05, 3.63) is 59.1 Å². The Bertz CT molecular complexity index is 675. The van der Waals surface area contributed by atoms with Crippen molar-refractivity contribution in [3.63, 3.8) is 0 Å². The highest BCUT2D eigenvalue weighted by atomic mass is 35.5. The average Bonchev–Trinajstić information content (AvgIpc) is 2.61. The lowest BCUT2D eigenvalue weighted by atomic mass is 10.2. The minimum atomic E-state index is -0.120. The number of ether oxygens (including phenoxy) is 1. The number of benzene rings is 2. The molecule has 0 radical (unpaired) electrons. The van der Waals surface area contributed by atoms with Crippen LogP contribution in [0.1, 0.15) is 18.9 Å². The topological polar surface area (TPSA) is 29.5 Å². The highest BCUT2D eigenvalue weighted by Gasteiger charge is 2.22. The van der Waals surface area contributed by atoms with Crippen LogP contribution in [0.5, 0.6) is 5.75 Å². The van der Waals surface area contributed by atoms with Crippen LogP contribution in [-0.4, -0.2) is 30.2 Å². The van der Waals surface area contributed by atoms with Gasteiger partial charge in [-0.25, -0.2) is 0 Å². The number of hydrogen-bond donors (Lipinski definition) is 0. The van der Waals surface area contributed by atoms with Crippen molar-refractivity contribution in [1.82, 2.24) is 4.90 Å². The molecule has 2 rings (SSSR count).